The number of hydrogen-bond donors (Lipinski definition) is 4. The highest BCUT2D eigenvalue weighted by molar-refractivity contribution is 5.93. The summed E-state index contributed by atoms with van der Waals surface area (Å²) in [5.74, 6) is -0.835. The van der Waals surface area contributed by atoms with E-state index in [1.165, 1.54) is 0 Å². The summed E-state index contributed by atoms with van der Waals surface area (Å²) in [7, 11) is 0. The molecule has 154 valence electrons. The normalized spacial score (nSPS) is 18.6. The molecule has 8 heteroatoms. The number of nitrogens with two attached hydrogens (primary N) is 1. The molecule has 1 aliphatic rings. The third-order valence-corrected chi connectivity index (χ3v) is 4.89. The third kappa shape index (κ3) is 5.45. The average Bonchev–Trinajstić information content (AvgIpc) is 3.14. The third-order valence-electron chi connectivity index (χ3n) is 4.89. The zero-order chi connectivity index (χ0) is 20.8. The molecule has 3 amide bonds. The van der Waals surface area contributed by atoms with Gasteiger partial charge in [-0.3, -0.25) is 14.4 Å². The van der Waals surface area contributed by atoms with Crippen LogP contribution in [0.4, 0.5) is 0 Å². The molecule has 2 rings (SSSR count). The number of amides is 3. The van der Waals surface area contributed by atoms with Crippen LogP contribution in [0.1, 0.15) is 39.2 Å². The van der Waals surface area contributed by atoms with Crippen molar-refractivity contribution in [1.82, 2.24) is 15.5 Å². The Balaban J connectivity index is 2.02. The van der Waals surface area contributed by atoms with Gasteiger partial charge >= 0.3 is 0 Å². The van der Waals surface area contributed by atoms with E-state index in [0.717, 1.165) is 12.0 Å². The fraction of sp³-hybridized carbons (Fsp3) is 0.550. The van der Waals surface area contributed by atoms with Crippen molar-refractivity contribution < 1.29 is 19.5 Å². The van der Waals surface area contributed by atoms with Gasteiger partial charge in [-0.2, -0.15) is 0 Å². The second-order valence-electron chi connectivity index (χ2n) is 7.59. The smallest absolute Gasteiger partial charge is 0.246 e. The Labute approximate surface area is 165 Å². The predicted molar refractivity (Wildman–Crippen MR) is 105 cm³/mol. The van der Waals surface area contributed by atoms with Crippen molar-refractivity contribution in [3.8, 4) is 5.75 Å². The maximum Gasteiger partial charge on any atom is 0.246 e. The Hall–Kier alpha value is -2.61. The molecule has 0 unspecified atom stereocenters. The molecule has 5 N–H and O–H groups in total. The molecule has 1 fully saturated rings. The zero-order valence-corrected chi connectivity index (χ0v) is 16.6. The Morgan fingerprint density at radius 3 is 2.43 bits per heavy atom. The average molecular weight is 390 g/mol. The van der Waals surface area contributed by atoms with Gasteiger partial charge in [0.2, 0.25) is 17.7 Å². The number of hydrogen-bond acceptors (Lipinski definition) is 5. The Morgan fingerprint density at radius 2 is 1.86 bits per heavy atom. The molecule has 1 aliphatic heterocycles. The number of nitrogens with one attached hydrogen (secondary N) is 2. The van der Waals surface area contributed by atoms with Gasteiger partial charge in [0.05, 0.1) is 6.04 Å². The van der Waals surface area contributed by atoms with E-state index in [2.05, 4.69) is 10.6 Å². The van der Waals surface area contributed by atoms with Gasteiger partial charge in [0, 0.05) is 13.1 Å². The number of aromatic hydroxyl groups is 1. The molecule has 8 nitrogen and oxygen atoms in total. The molecular formula is C20H30N4O4. The molecule has 28 heavy (non-hydrogen) atoms. The summed E-state index contributed by atoms with van der Waals surface area (Å²) >= 11 is 0. The van der Waals surface area contributed by atoms with E-state index in [0.29, 0.717) is 19.5 Å². The first-order valence-electron chi connectivity index (χ1n) is 9.62. The fourth-order valence-corrected chi connectivity index (χ4v) is 3.20. The van der Waals surface area contributed by atoms with Crippen LogP contribution in [0.25, 0.3) is 0 Å². The van der Waals surface area contributed by atoms with E-state index >= 15 is 0 Å². The predicted octanol–water partition coefficient (Wildman–Crippen LogP) is 0.487. The lowest BCUT2D eigenvalue weighted by Gasteiger charge is -2.30. The van der Waals surface area contributed by atoms with Crippen LogP contribution < -0.4 is 16.4 Å². The highest BCUT2D eigenvalue weighted by atomic mass is 16.3. The Bertz CT molecular complexity index is 703. The lowest BCUT2D eigenvalue weighted by molar-refractivity contribution is -0.142. The summed E-state index contributed by atoms with van der Waals surface area (Å²) in [6.07, 6.45) is 1.31. The van der Waals surface area contributed by atoms with Crippen LogP contribution in [-0.4, -0.2) is 52.4 Å². The lowest BCUT2D eigenvalue weighted by Crippen LogP contribution is -2.56. The largest absolute Gasteiger partial charge is 0.508 e. The molecule has 1 saturated heterocycles. The van der Waals surface area contributed by atoms with Crippen LogP contribution in [0.3, 0.4) is 0 Å². The number of nitrogens with zero attached hydrogens (tertiary/aromatic N) is 1. The van der Waals surface area contributed by atoms with Gasteiger partial charge < -0.3 is 26.4 Å². The van der Waals surface area contributed by atoms with Crippen LogP contribution in [-0.2, 0) is 20.9 Å². The van der Waals surface area contributed by atoms with Gasteiger partial charge in [0.25, 0.3) is 0 Å². The maximum atomic E-state index is 13.0. The van der Waals surface area contributed by atoms with Crippen molar-refractivity contribution in [2.24, 2.45) is 11.7 Å². The van der Waals surface area contributed by atoms with Crippen LogP contribution in [0, 0.1) is 5.92 Å². The zero-order valence-electron chi connectivity index (χ0n) is 16.6. The van der Waals surface area contributed by atoms with Gasteiger partial charge in [-0.05, 0) is 43.4 Å². The fourth-order valence-electron chi connectivity index (χ4n) is 3.20. The maximum absolute atomic E-state index is 13.0. The number of phenolic OH excluding ortho intramolecular Hbond substituents is 1. The van der Waals surface area contributed by atoms with Crippen molar-refractivity contribution in [3.63, 3.8) is 0 Å². The molecule has 0 bridgehead atoms. The van der Waals surface area contributed by atoms with Crippen LogP contribution in [0.15, 0.2) is 24.3 Å². The summed E-state index contributed by atoms with van der Waals surface area (Å²) in [5, 5.41) is 14.9. The molecule has 1 heterocycles. The van der Waals surface area contributed by atoms with E-state index in [1.807, 2.05) is 13.8 Å². The van der Waals surface area contributed by atoms with Gasteiger partial charge in [0.1, 0.15) is 17.8 Å². The molecule has 0 radical (unpaired) electrons. The minimum absolute atomic E-state index is 0.128. The number of carbonyl (C=O) groups is 3. The first kappa shape index (κ1) is 21.7. The van der Waals surface area contributed by atoms with E-state index in [9.17, 15) is 19.5 Å². The number of carbonyl (C=O) groups excluding carboxylic acids is 3. The number of phenols is 1. The quantitative estimate of drug-likeness (QED) is 0.539. The second-order valence-corrected chi connectivity index (χ2v) is 7.59. The molecule has 0 aromatic heterocycles. The molecule has 0 spiro atoms. The second kappa shape index (κ2) is 9.54. The van der Waals surface area contributed by atoms with Crippen LogP contribution in [0.5, 0.6) is 5.75 Å². The molecular weight excluding hydrogens is 360 g/mol. The van der Waals surface area contributed by atoms with Crippen molar-refractivity contribution in [2.75, 3.05) is 6.54 Å². The van der Waals surface area contributed by atoms with Crippen molar-refractivity contribution in [2.45, 2.75) is 58.3 Å². The number of rotatable bonds is 7. The van der Waals surface area contributed by atoms with Crippen molar-refractivity contribution in [3.05, 3.63) is 29.8 Å². The van der Waals surface area contributed by atoms with E-state index in [-0.39, 0.29) is 29.4 Å². The molecule has 1 aromatic rings. The lowest BCUT2D eigenvalue weighted by atomic mass is 10.0. The standard InChI is InChI=1S/C20H30N4O4/c1-12(2)17(23-18(26)13(3)21)20(28)24-10-4-5-16(24)19(27)22-11-14-6-8-15(25)9-7-14/h6-9,12-13,16-17,25H,4-5,10-11,21H2,1-3H3,(H,22,27)(H,23,26)/t13-,16-,17-/m0/s1. The first-order chi connectivity index (χ1) is 13.2. The van der Waals surface area contributed by atoms with Gasteiger partial charge in [-0.1, -0.05) is 26.0 Å². The topological polar surface area (TPSA) is 125 Å². The molecule has 1 aromatic carbocycles. The van der Waals surface area contributed by atoms with Crippen LogP contribution >= 0.6 is 0 Å². The molecule has 0 saturated carbocycles. The van der Waals surface area contributed by atoms with E-state index < -0.39 is 18.1 Å². The Kier molecular flexibility index (Phi) is 7.39. The number of benzene rings is 1. The highest BCUT2D eigenvalue weighted by Gasteiger charge is 2.38. The van der Waals surface area contributed by atoms with E-state index in [4.69, 9.17) is 5.73 Å². The van der Waals surface area contributed by atoms with Gasteiger partial charge in [-0.25, -0.2) is 0 Å². The van der Waals surface area contributed by atoms with Crippen molar-refractivity contribution in [1.29, 1.82) is 0 Å². The first-order valence-corrected chi connectivity index (χ1v) is 9.62. The molecule has 0 aliphatic carbocycles. The van der Waals surface area contributed by atoms with E-state index in [1.54, 1.807) is 36.1 Å². The minimum Gasteiger partial charge on any atom is -0.508 e. The van der Waals surface area contributed by atoms with Crippen molar-refractivity contribution >= 4 is 17.7 Å². The Morgan fingerprint density at radius 1 is 1.21 bits per heavy atom. The molecule has 3 atom stereocenters. The summed E-state index contributed by atoms with van der Waals surface area (Å²) < 4.78 is 0. The summed E-state index contributed by atoms with van der Waals surface area (Å²) in [6, 6.07) is 4.58. The van der Waals surface area contributed by atoms with Gasteiger partial charge in [0.15, 0.2) is 0 Å². The monoisotopic (exact) mass is 390 g/mol. The summed E-state index contributed by atoms with van der Waals surface area (Å²) in [6.45, 7) is 6.05. The summed E-state index contributed by atoms with van der Waals surface area (Å²) in [4.78, 5) is 39.2. The number of likely N-dealkylation sites (tertiary alicyclic amines) is 1. The van der Waals surface area contributed by atoms with Gasteiger partial charge in [-0.15, -0.1) is 0 Å². The summed E-state index contributed by atoms with van der Waals surface area (Å²) in [5.41, 5.74) is 6.45. The highest BCUT2D eigenvalue weighted by Crippen LogP contribution is 2.21. The minimum atomic E-state index is -0.719. The SMILES string of the molecule is CC(C)[C@H](NC(=O)[C@H](C)N)C(=O)N1CCC[C@H]1C(=O)NCc1ccc(O)cc1. The van der Waals surface area contributed by atoms with Crippen LogP contribution in [0.2, 0.25) is 0 Å².